The van der Waals surface area contributed by atoms with Crippen molar-refractivity contribution in [1.29, 1.82) is 0 Å². The summed E-state index contributed by atoms with van der Waals surface area (Å²) in [6.45, 7) is 7.26. The van der Waals surface area contributed by atoms with Gasteiger partial charge in [0, 0.05) is 11.8 Å². The highest BCUT2D eigenvalue weighted by molar-refractivity contribution is 5.64. The highest BCUT2D eigenvalue weighted by Crippen LogP contribution is 2.31. The molecule has 0 spiro atoms. The molecule has 0 radical (unpaired) electrons. The first-order valence-corrected chi connectivity index (χ1v) is 6.48. The number of aromatic nitrogens is 2. The lowest BCUT2D eigenvalue weighted by atomic mass is 9.97. The molecule has 0 fully saturated rings. The number of nitrogens with zero attached hydrogens (tertiary/aromatic N) is 1. The molecular formula is C15H20N2O. The van der Waals surface area contributed by atoms with E-state index in [1.54, 1.807) is 0 Å². The molecule has 2 rings (SSSR count). The highest BCUT2D eigenvalue weighted by Gasteiger charge is 2.10. The van der Waals surface area contributed by atoms with E-state index in [4.69, 9.17) is 4.74 Å². The summed E-state index contributed by atoms with van der Waals surface area (Å²) < 4.78 is 5.80. The monoisotopic (exact) mass is 244 g/mol. The molecule has 0 amide bonds. The van der Waals surface area contributed by atoms with Crippen LogP contribution in [0.1, 0.15) is 38.7 Å². The van der Waals surface area contributed by atoms with E-state index in [2.05, 4.69) is 49.2 Å². The average Bonchev–Trinajstić information content (AvgIpc) is 2.90. The van der Waals surface area contributed by atoms with Gasteiger partial charge < -0.3 is 4.74 Å². The third kappa shape index (κ3) is 2.73. The quantitative estimate of drug-likeness (QED) is 0.863. The molecule has 1 N–H and O–H groups in total. The normalized spacial score (nSPS) is 10.9. The molecule has 0 aliphatic rings. The topological polar surface area (TPSA) is 37.9 Å². The van der Waals surface area contributed by atoms with E-state index in [1.807, 2.05) is 12.4 Å². The zero-order chi connectivity index (χ0) is 13.0. The first kappa shape index (κ1) is 12.7. The maximum absolute atomic E-state index is 5.80. The van der Waals surface area contributed by atoms with Crippen LogP contribution in [0.4, 0.5) is 0 Å². The van der Waals surface area contributed by atoms with Gasteiger partial charge in [-0.1, -0.05) is 26.8 Å². The fraction of sp³-hybridized carbons (Fsp3) is 0.400. The Balaban J connectivity index is 2.34. The molecule has 3 nitrogen and oxygen atoms in total. The van der Waals surface area contributed by atoms with Crippen LogP contribution in [0, 0.1) is 0 Å². The predicted octanol–water partition coefficient (Wildman–Crippen LogP) is 3.99. The number of rotatable bonds is 5. The highest BCUT2D eigenvalue weighted by atomic mass is 16.5. The molecule has 0 aliphatic carbocycles. The summed E-state index contributed by atoms with van der Waals surface area (Å²) in [4.78, 5) is 0. The van der Waals surface area contributed by atoms with Crippen molar-refractivity contribution in [3.63, 3.8) is 0 Å². The van der Waals surface area contributed by atoms with Gasteiger partial charge in [0.1, 0.15) is 5.75 Å². The maximum atomic E-state index is 5.80. The molecule has 1 aromatic carbocycles. The number of hydrogen-bond donors (Lipinski definition) is 1. The first-order chi connectivity index (χ1) is 8.72. The number of nitrogens with one attached hydrogen (secondary N) is 1. The van der Waals surface area contributed by atoms with Gasteiger partial charge in [0.05, 0.1) is 12.8 Å². The Hall–Kier alpha value is -1.77. The molecule has 2 aromatic rings. The van der Waals surface area contributed by atoms with Crippen molar-refractivity contribution in [3.8, 4) is 16.9 Å². The molecule has 96 valence electrons. The van der Waals surface area contributed by atoms with Gasteiger partial charge in [0.25, 0.3) is 0 Å². The molecule has 0 atom stereocenters. The molecule has 0 saturated carbocycles. The van der Waals surface area contributed by atoms with E-state index in [0.29, 0.717) is 5.92 Å². The number of benzene rings is 1. The second-order valence-electron chi connectivity index (χ2n) is 4.74. The molecule has 0 bridgehead atoms. The molecule has 0 aliphatic heterocycles. The number of H-pyrrole nitrogens is 1. The number of ether oxygens (including phenoxy) is 1. The average molecular weight is 244 g/mol. The SMILES string of the molecule is CCCOc1ccc(-c2cn[nH]c2)cc1C(C)C. The van der Waals surface area contributed by atoms with Gasteiger partial charge in [0.15, 0.2) is 0 Å². The van der Waals surface area contributed by atoms with Crippen molar-refractivity contribution in [1.82, 2.24) is 10.2 Å². The van der Waals surface area contributed by atoms with Crippen LogP contribution in [-0.4, -0.2) is 16.8 Å². The molecule has 3 heteroatoms. The van der Waals surface area contributed by atoms with Gasteiger partial charge in [-0.2, -0.15) is 5.10 Å². The molecule has 0 unspecified atom stereocenters. The Morgan fingerprint density at radius 2 is 2.11 bits per heavy atom. The number of aromatic amines is 1. The molecular weight excluding hydrogens is 224 g/mol. The van der Waals surface area contributed by atoms with E-state index in [0.717, 1.165) is 24.3 Å². The van der Waals surface area contributed by atoms with Gasteiger partial charge >= 0.3 is 0 Å². The largest absolute Gasteiger partial charge is 0.493 e. The Morgan fingerprint density at radius 1 is 1.28 bits per heavy atom. The van der Waals surface area contributed by atoms with Crippen LogP contribution >= 0.6 is 0 Å². The summed E-state index contributed by atoms with van der Waals surface area (Å²) in [6, 6.07) is 6.34. The fourth-order valence-corrected chi connectivity index (χ4v) is 1.93. The standard InChI is InChI=1S/C15H20N2O/c1-4-7-18-15-6-5-12(8-14(15)11(2)3)13-9-16-17-10-13/h5-6,8-11H,4,7H2,1-3H3,(H,16,17). The second-order valence-corrected chi connectivity index (χ2v) is 4.74. The summed E-state index contributed by atoms with van der Waals surface area (Å²) in [5.74, 6) is 1.45. The summed E-state index contributed by atoms with van der Waals surface area (Å²) in [5.41, 5.74) is 3.54. The van der Waals surface area contributed by atoms with Gasteiger partial charge in [-0.05, 0) is 35.6 Å². The second kappa shape index (κ2) is 5.71. The van der Waals surface area contributed by atoms with Crippen LogP contribution in [0.3, 0.4) is 0 Å². The Kier molecular flexibility index (Phi) is 4.03. The minimum absolute atomic E-state index is 0.448. The third-order valence-electron chi connectivity index (χ3n) is 2.93. The Morgan fingerprint density at radius 3 is 2.72 bits per heavy atom. The third-order valence-corrected chi connectivity index (χ3v) is 2.93. The van der Waals surface area contributed by atoms with Gasteiger partial charge in [-0.3, -0.25) is 5.10 Å². The molecule has 1 heterocycles. The molecule has 1 aromatic heterocycles. The van der Waals surface area contributed by atoms with E-state index in [9.17, 15) is 0 Å². The van der Waals surface area contributed by atoms with E-state index < -0.39 is 0 Å². The lowest BCUT2D eigenvalue weighted by molar-refractivity contribution is 0.313. The van der Waals surface area contributed by atoms with Crippen molar-refractivity contribution >= 4 is 0 Å². The minimum Gasteiger partial charge on any atom is -0.493 e. The van der Waals surface area contributed by atoms with Gasteiger partial charge in [-0.15, -0.1) is 0 Å². The van der Waals surface area contributed by atoms with Crippen LogP contribution in [0.25, 0.3) is 11.1 Å². The zero-order valence-electron chi connectivity index (χ0n) is 11.2. The van der Waals surface area contributed by atoms with E-state index in [1.165, 1.54) is 11.1 Å². The van der Waals surface area contributed by atoms with Crippen LogP contribution in [0.5, 0.6) is 5.75 Å². The molecule has 18 heavy (non-hydrogen) atoms. The summed E-state index contributed by atoms with van der Waals surface area (Å²) in [7, 11) is 0. The van der Waals surface area contributed by atoms with Crippen molar-refractivity contribution in [3.05, 3.63) is 36.2 Å². The summed E-state index contributed by atoms with van der Waals surface area (Å²) in [6.07, 6.45) is 4.78. The maximum Gasteiger partial charge on any atom is 0.122 e. The lowest BCUT2D eigenvalue weighted by Gasteiger charge is -2.15. The zero-order valence-corrected chi connectivity index (χ0v) is 11.2. The van der Waals surface area contributed by atoms with Crippen LogP contribution < -0.4 is 4.74 Å². The number of hydrogen-bond acceptors (Lipinski definition) is 2. The lowest BCUT2D eigenvalue weighted by Crippen LogP contribution is -2.00. The summed E-state index contributed by atoms with van der Waals surface area (Å²) in [5, 5.41) is 6.83. The van der Waals surface area contributed by atoms with Gasteiger partial charge in [0.2, 0.25) is 0 Å². The van der Waals surface area contributed by atoms with Crippen molar-refractivity contribution in [2.75, 3.05) is 6.61 Å². The smallest absolute Gasteiger partial charge is 0.122 e. The summed E-state index contributed by atoms with van der Waals surface area (Å²) >= 11 is 0. The van der Waals surface area contributed by atoms with E-state index in [-0.39, 0.29) is 0 Å². The van der Waals surface area contributed by atoms with Crippen LogP contribution in [-0.2, 0) is 0 Å². The fourth-order valence-electron chi connectivity index (χ4n) is 1.93. The van der Waals surface area contributed by atoms with Crippen molar-refractivity contribution < 1.29 is 4.74 Å². The van der Waals surface area contributed by atoms with Crippen LogP contribution in [0.15, 0.2) is 30.6 Å². The van der Waals surface area contributed by atoms with E-state index >= 15 is 0 Å². The first-order valence-electron chi connectivity index (χ1n) is 6.48. The van der Waals surface area contributed by atoms with Crippen molar-refractivity contribution in [2.45, 2.75) is 33.1 Å². The Labute approximate surface area is 108 Å². The predicted molar refractivity (Wildman–Crippen MR) is 73.9 cm³/mol. The minimum atomic E-state index is 0.448. The van der Waals surface area contributed by atoms with Gasteiger partial charge in [-0.25, -0.2) is 0 Å². The van der Waals surface area contributed by atoms with Crippen LogP contribution in [0.2, 0.25) is 0 Å². The molecule has 0 saturated heterocycles. The van der Waals surface area contributed by atoms with Crippen molar-refractivity contribution in [2.24, 2.45) is 0 Å². The Bertz CT molecular complexity index is 489.